The molecular formula is C37H47N3O6. The normalized spacial score (nSPS) is 16.7. The van der Waals surface area contributed by atoms with Gasteiger partial charge in [-0.15, -0.1) is 0 Å². The van der Waals surface area contributed by atoms with Crippen molar-refractivity contribution < 1.29 is 28.7 Å². The van der Waals surface area contributed by atoms with Crippen LogP contribution in [0.25, 0.3) is 0 Å². The SMILES string of the molecule is CC(C)(C)OC(=O)N[C@H](COCCCCCCCCCC#Cc1cccc2c1CN(C1CCC(=O)NC1=O)C2=O)c1ccccc1. The van der Waals surface area contributed by atoms with Crippen LogP contribution >= 0.6 is 0 Å². The number of hydrogen-bond acceptors (Lipinski definition) is 6. The maximum absolute atomic E-state index is 13.0. The van der Waals surface area contributed by atoms with Gasteiger partial charge in [0.2, 0.25) is 11.8 Å². The number of benzene rings is 2. The van der Waals surface area contributed by atoms with Gasteiger partial charge >= 0.3 is 6.09 Å². The minimum absolute atomic E-state index is 0.175. The summed E-state index contributed by atoms with van der Waals surface area (Å²) in [5.74, 6) is 5.65. The number of nitrogens with one attached hydrogen (secondary N) is 2. The molecule has 246 valence electrons. The minimum atomic E-state index is -0.619. The smallest absolute Gasteiger partial charge is 0.408 e. The van der Waals surface area contributed by atoms with E-state index in [0.717, 1.165) is 61.6 Å². The van der Waals surface area contributed by atoms with Crippen LogP contribution in [0, 0.1) is 11.8 Å². The molecule has 4 rings (SSSR count). The van der Waals surface area contributed by atoms with Gasteiger partial charge in [-0.25, -0.2) is 4.79 Å². The van der Waals surface area contributed by atoms with E-state index in [2.05, 4.69) is 22.5 Å². The third-order valence-electron chi connectivity index (χ3n) is 8.07. The highest BCUT2D eigenvalue weighted by Crippen LogP contribution is 2.29. The van der Waals surface area contributed by atoms with Gasteiger partial charge in [-0.3, -0.25) is 19.7 Å². The van der Waals surface area contributed by atoms with Crippen LogP contribution in [0.1, 0.15) is 118 Å². The highest BCUT2D eigenvalue weighted by Gasteiger charge is 2.39. The van der Waals surface area contributed by atoms with Crippen LogP contribution in [0.3, 0.4) is 0 Å². The largest absolute Gasteiger partial charge is 0.444 e. The van der Waals surface area contributed by atoms with Gasteiger partial charge in [0.1, 0.15) is 11.6 Å². The van der Waals surface area contributed by atoms with Crippen molar-refractivity contribution in [3.8, 4) is 11.8 Å². The van der Waals surface area contributed by atoms with Gasteiger partial charge in [0.05, 0.1) is 12.6 Å². The zero-order valence-corrected chi connectivity index (χ0v) is 27.4. The number of piperidine rings is 1. The van der Waals surface area contributed by atoms with Crippen LogP contribution in [0.2, 0.25) is 0 Å². The van der Waals surface area contributed by atoms with Crippen molar-refractivity contribution in [3.05, 3.63) is 70.8 Å². The van der Waals surface area contributed by atoms with Crippen molar-refractivity contribution in [2.24, 2.45) is 0 Å². The van der Waals surface area contributed by atoms with Gasteiger partial charge in [-0.2, -0.15) is 0 Å². The summed E-state index contributed by atoms with van der Waals surface area (Å²) >= 11 is 0. The van der Waals surface area contributed by atoms with Crippen molar-refractivity contribution in [3.63, 3.8) is 0 Å². The Morgan fingerprint density at radius 1 is 0.978 bits per heavy atom. The maximum Gasteiger partial charge on any atom is 0.408 e. The zero-order chi connectivity index (χ0) is 32.9. The fourth-order valence-electron chi connectivity index (χ4n) is 5.72. The lowest BCUT2D eigenvalue weighted by Gasteiger charge is -2.29. The molecule has 2 aromatic rings. The minimum Gasteiger partial charge on any atom is -0.444 e. The third kappa shape index (κ3) is 10.4. The number of ether oxygens (including phenoxy) is 2. The monoisotopic (exact) mass is 629 g/mol. The fraction of sp³-hybridized carbons (Fsp3) is 0.514. The Kier molecular flexibility index (Phi) is 12.8. The Morgan fingerprint density at radius 2 is 1.70 bits per heavy atom. The molecule has 0 spiro atoms. The quantitative estimate of drug-likeness (QED) is 0.146. The van der Waals surface area contributed by atoms with Gasteiger partial charge in [-0.1, -0.05) is 80.3 Å². The fourth-order valence-corrected chi connectivity index (χ4v) is 5.72. The van der Waals surface area contributed by atoms with Gasteiger partial charge in [-0.05, 0) is 63.3 Å². The summed E-state index contributed by atoms with van der Waals surface area (Å²) in [7, 11) is 0. The lowest BCUT2D eigenvalue weighted by atomic mass is 10.0. The molecule has 0 bridgehead atoms. The molecular weight excluding hydrogens is 582 g/mol. The van der Waals surface area contributed by atoms with Gasteiger partial charge < -0.3 is 19.7 Å². The predicted molar refractivity (Wildman–Crippen MR) is 176 cm³/mol. The molecule has 0 saturated carbocycles. The summed E-state index contributed by atoms with van der Waals surface area (Å²) in [5.41, 5.74) is 2.71. The molecule has 9 heteroatoms. The Bertz CT molecular complexity index is 1420. The molecule has 2 aliphatic rings. The number of imide groups is 1. The number of hydrogen-bond donors (Lipinski definition) is 2. The van der Waals surface area contributed by atoms with E-state index in [1.54, 1.807) is 11.0 Å². The Labute approximate surface area is 272 Å². The molecule has 2 aromatic carbocycles. The number of carbonyl (C=O) groups is 4. The molecule has 2 N–H and O–H groups in total. The number of nitrogens with zero attached hydrogens (tertiary/aromatic N) is 1. The number of carbonyl (C=O) groups excluding carboxylic acids is 4. The first-order valence-electron chi connectivity index (χ1n) is 16.5. The topological polar surface area (TPSA) is 114 Å². The second-order valence-electron chi connectivity index (χ2n) is 12.9. The van der Waals surface area contributed by atoms with Crippen LogP contribution in [0.15, 0.2) is 48.5 Å². The number of unbranched alkanes of at least 4 members (excludes halogenated alkanes) is 7. The Morgan fingerprint density at radius 3 is 2.41 bits per heavy atom. The molecule has 1 fully saturated rings. The van der Waals surface area contributed by atoms with Crippen molar-refractivity contribution in [1.29, 1.82) is 0 Å². The van der Waals surface area contributed by atoms with Crippen LogP contribution < -0.4 is 10.6 Å². The van der Waals surface area contributed by atoms with E-state index in [4.69, 9.17) is 9.47 Å². The molecule has 1 saturated heterocycles. The van der Waals surface area contributed by atoms with Crippen LogP contribution in [0.4, 0.5) is 4.79 Å². The average molecular weight is 630 g/mol. The predicted octanol–water partition coefficient (Wildman–Crippen LogP) is 6.20. The molecule has 2 atom stereocenters. The highest BCUT2D eigenvalue weighted by molar-refractivity contribution is 6.05. The third-order valence-corrected chi connectivity index (χ3v) is 8.07. The van der Waals surface area contributed by atoms with Crippen LogP contribution in [0.5, 0.6) is 0 Å². The van der Waals surface area contributed by atoms with Gasteiger partial charge in [0, 0.05) is 37.1 Å². The van der Waals surface area contributed by atoms with Gasteiger partial charge in [0.25, 0.3) is 5.91 Å². The van der Waals surface area contributed by atoms with Crippen molar-refractivity contribution >= 4 is 23.8 Å². The lowest BCUT2D eigenvalue weighted by molar-refractivity contribution is -0.136. The first-order valence-corrected chi connectivity index (χ1v) is 16.5. The second kappa shape index (κ2) is 17.0. The van der Waals surface area contributed by atoms with E-state index < -0.39 is 23.6 Å². The second-order valence-corrected chi connectivity index (χ2v) is 12.9. The first-order chi connectivity index (χ1) is 22.1. The summed E-state index contributed by atoms with van der Waals surface area (Å²) in [6.45, 7) is 6.92. The number of fused-ring (bicyclic) bond motifs is 1. The first kappa shape index (κ1) is 34.7. The maximum atomic E-state index is 13.0. The highest BCUT2D eigenvalue weighted by atomic mass is 16.6. The van der Waals surface area contributed by atoms with Gasteiger partial charge in [0.15, 0.2) is 0 Å². The van der Waals surface area contributed by atoms with E-state index in [0.29, 0.717) is 31.7 Å². The molecule has 0 radical (unpaired) electrons. The van der Waals surface area contributed by atoms with E-state index in [9.17, 15) is 19.2 Å². The molecule has 9 nitrogen and oxygen atoms in total. The number of amides is 4. The standard InChI is InChI=1S/C37H47N3O6/c1-37(2,3)46-36(44)38-31(28-18-13-11-14-19-28)26-45-24-15-10-8-6-4-5-7-9-12-17-27-20-16-21-29-30(27)25-40(35(29)43)32-22-23-33(41)39-34(32)42/h11,13-14,16,18-21,31-32H,4-10,15,22-26H2,1-3H3,(H,38,44)(H,39,41,42)/t31-,32?/m1/s1. The summed E-state index contributed by atoms with van der Waals surface area (Å²) in [4.78, 5) is 50.7. The molecule has 1 unspecified atom stereocenters. The molecule has 2 heterocycles. The molecule has 0 aromatic heterocycles. The molecule has 0 aliphatic carbocycles. The van der Waals surface area contributed by atoms with Crippen molar-refractivity contribution in [2.75, 3.05) is 13.2 Å². The van der Waals surface area contributed by atoms with E-state index in [1.807, 2.05) is 63.2 Å². The Balaban J connectivity index is 1.08. The molecule has 46 heavy (non-hydrogen) atoms. The van der Waals surface area contributed by atoms with E-state index in [1.165, 1.54) is 6.42 Å². The van der Waals surface area contributed by atoms with Crippen LogP contribution in [-0.2, 0) is 25.6 Å². The molecule has 4 amide bonds. The molecule has 2 aliphatic heterocycles. The van der Waals surface area contributed by atoms with Crippen molar-refractivity contribution in [1.82, 2.24) is 15.5 Å². The number of alkyl carbamates (subject to hydrolysis) is 1. The van der Waals surface area contributed by atoms with E-state index in [-0.39, 0.29) is 24.3 Å². The van der Waals surface area contributed by atoms with E-state index >= 15 is 0 Å². The summed E-state index contributed by atoms with van der Waals surface area (Å²) in [6, 6.07) is 14.5. The Hall–Kier alpha value is -4.16. The summed E-state index contributed by atoms with van der Waals surface area (Å²) < 4.78 is 11.4. The lowest BCUT2D eigenvalue weighted by Crippen LogP contribution is -2.52. The zero-order valence-electron chi connectivity index (χ0n) is 27.4. The summed E-state index contributed by atoms with van der Waals surface area (Å²) in [6.07, 6.45) is 8.64. The summed E-state index contributed by atoms with van der Waals surface area (Å²) in [5, 5.41) is 5.28. The van der Waals surface area contributed by atoms with Crippen LogP contribution in [-0.4, -0.2) is 53.6 Å². The number of rotatable bonds is 14. The average Bonchev–Trinajstić information content (AvgIpc) is 3.35. The van der Waals surface area contributed by atoms with Crippen molar-refractivity contribution in [2.45, 2.75) is 109 Å².